The molecule has 0 bridgehead atoms. The fourth-order valence-electron chi connectivity index (χ4n) is 1.69. The molecule has 0 aromatic carbocycles. The number of esters is 1. The molecule has 0 amide bonds. The largest absolute Gasteiger partial charge is 0.469 e. The van der Waals surface area contributed by atoms with Crippen LogP contribution >= 0.6 is 0 Å². The Labute approximate surface area is 103 Å². The molecule has 0 aliphatic rings. The molecular formula is C11H22O5Si. The Morgan fingerprint density at radius 3 is 2.06 bits per heavy atom. The van der Waals surface area contributed by atoms with Gasteiger partial charge in [-0.05, 0) is 24.6 Å². The van der Waals surface area contributed by atoms with Crippen LogP contribution in [0.1, 0.15) is 27.2 Å². The summed E-state index contributed by atoms with van der Waals surface area (Å²) >= 11 is 0. The van der Waals surface area contributed by atoms with Crippen LogP contribution in [-0.2, 0) is 23.8 Å². The summed E-state index contributed by atoms with van der Waals surface area (Å²) in [5, 5.41) is 0. The maximum atomic E-state index is 11.2. The molecule has 0 heterocycles. The highest BCUT2D eigenvalue weighted by Gasteiger charge is 2.32. The van der Waals surface area contributed by atoms with Crippen LogP contribution in [0.3, 0.4) is 0 Å². The van der Waals surface area contributed by atoms with Gasteiger partial charge in [-0.15, -0.1) is 0 Å². The first-order chi connectivity index (χ1) is 7.56. The summed E-state index contributed by atoms with van der Waals surface area (Å²) in [6.07, 6.45) is -0.420. The number of rotatable bonds is 5. The summed E-state index contributed by atoms with van der Waals surface area (Å²) in [4.78, 5) is 26.7. The number of hydrogen-bond acceptors (Lipinski definition) is 5. The van der Waals surface area contributed by atoms with E-state index in [2.05, 4.69) is 30.4 Å². The van der Waals surface area contributed by atoms with Crippen molar-refractivity contribution in [3.63, 3.8) is 0 Å². The number of carbonyl (C=O) groups is 2. The van der Waals surface area contributed by atoms with E-state index in [9.17, 15) is 9.59 Å². The topological polar surface area (TPSA) is 61.8 Å². The lowest BCUT2D eigenvalue weighted by atomic mass is 10.0. The standard InChI is InChI=1S/C11H22O5Si/c1-11(2,3)8-17(5,6)16-15-10(13)7-9(12)14-4/h7-8H2,1-6H3. The third kappa shape index (κ3) is 8.88. The highest BCUT2D eigenvalue weighted by Crippen LogP contribution is 2.28. The highest BCUT2D eigenvalue weighted by atomic mass is 28.4. The first-order valence-corrected chi connectivity index (χ1v) is 8.63. The molecule has 0 fully saturated rings. The van der Waals surface area contributed by atoms with Crippen LogP contribution in [0.25, 0.3) is 0 Å². The van der Waals surface area contributed by atoms with Crippen molar-refractivity contribution in [1.29, 1.82) is 0 Å². The third-order valence-corrected chi connectivity index (χ3v) is 4.28. The first-order valence-electron chi connectivity index (χ1n) is 5.51. The quantitative estimate of drug-likeness (QED) is 0.250. The molecule has 0 aliphatic heterocycles. The fraction of sp³-hybridized carbons (Fsp3) is 0.818. The minimum Gasteiger partial charge on any atom is -0.469 e. The summed E-state index contributed by atoms with van der Waals surface area (Å²) < 4.78 is 9.54. The van der Waals surface area contributed by atoms with Crippen molar-refractivity contribution in [2.75, 3.05) is 7.11 Å². The Kier molecular flexibility index (Phi) is 5.84. The van der Waals surface area contributed by atoms with Gasteiger partial charge in [0.05, 0.1) is 7.11 Å². The zero-order valence-corrected chi connectivity index (χ0v) is 12.5. The highest BCUT2D eigenvalue weighted by molar-refractivity contribution is 6.71. The van der Waals surface area contributed by atoms with Crippen LogP contribution < -0.4 is 0 Å². The zero-order chi connectivity index (χ0) is 13.7. The Bertz CT molecular complexity index is 280. The monoisotopic (exact) mass is 262 g/mol. The van der Waals surface area contributed by atoms with Crippen molar-refractivity contribution in [2.45, 2.75) is 46.3 Å². The van der Waals surface area contributed by atoms with E-state index < -0.39 is 26.7 Å². The summed E-state index contributed by atoms with van der Waals surface area (Å²) in [6.45, 7) is 10.2. The van der Waals surface area contributed by atoms with Gasteiger partial charge >= 0.3 is 11.9 Å². The van der Waals surface area contributed by atoms with E-state index in [1.807, 2.05) is 13.1 Å². The normalized spacial score (nSPS) is 12.1. The van der Waals surface area contributed by atoms with Crippen molar-refractivity contribution in [3.05, 3.63) is 0 Å². The van der Waals surface area contributed by atoms with Crippen LogP contribution in [0, 0.1) is 5.41 Å². The first kappa shape index (κ1) is 16.1. The number of methoxy groups -OCH3 is 1. The lowest BCUT2D eigenvalue weighted by Gasteiger charge is -2.28. The summed E-state index contributed by atoms with van der Waals surface area (Å²) in [5.41, 5.74) is 0.116. The van der Waals surface area contributed by atoms with Crippen LogP contribution in [0.15, 0.2) is 0 Å². The van der Waals surface area contributed by atoms with Gasteiger partial charge in [-0.1, -0.05) is 20.8 Å². The molecule has 5 nitrogen and oxygen atoms in total. The van der Waals surface area contributed by atoms with Gasteiger partial charge in [0, 0.05) is 0 Å². The van der Waals surface area contributed by atoms with Gasteiger partial charge in [0.1, 0.15) is 6.42 Å². The van der Waals surface area contributed by atoms with Crippen molar-refractivity contribution in [2.24, 2.45) is 5.41 Å². The van der Waals surface area contributed by atoms with Crippen LogP contribution in [0.5, 0.6) is 0 Å². The molecule has 0 unspecified atom stereocenters. The molecule has 0 saturated heterocycles. The molecule has 0 aromatic rings. The molecule has 100 valence electrons. The second-order valence-corrected chi connectivity index (χ2v) is 9.83. The van der Waals surface area contributed by atoms with Crippen molar-refractivity contribution in [3.8, 4) is 0 Å². The second-order valence-electron chi connectivity index (χ2n) is 5.79. The predicted molar refractivity (Wildman–Crippen MR) is 65.6 cm³/mol. The average Bonchev–Trinajstić information content (AvgIpc) is 2.11. The summed E-state index contributed by atoms with van der Waals surface area (Å²) in [6, 6.07) is 0.853. The maximum Gasteiger partial charge on any atom is 0.352 e. The van der Waals surface area contributed by atoms with Gasteiger partial charge in [0.2, 0.25) is 8.32 Å². The lowest BCUT2D eigenvalue weighted by molar-refractivity contribution is -0.221. The Morgan fingerprint density at radius 2 is 1.65 bits per heavy atom. The van der Waals surface area contributed by atoms with Crippen LogP contribution in [0.4, 0.5) is 0 Å². The average molecular weight is 262 g/mol. The zero-order valence-electron chi connectivity index (χ0n) is 11.5. The Morgan fingerprint density at radius 1 is 1.12 bits per heavy atom. The Balaban J connectivity index is 4.09. The van der Waals surface area contributed by atoms with Crippen LogP contribution in [0.2, 0.25) is 19.1 Å². The molecule has 0 aromatic heterocycles. The van der Waals surface area contributed by atoms with E-state index in [1.165, 1.54) is 7.11 Å². The van der Waals surface area contributed by atoms with E-state index in [0.717, 1.165) is 6.04 Å². The molecule has 0 N–H and O–H groups in total. The summed E-state index contributed by atoms with van der Waals surface area (Å²) in [5.74, 6) is -1.35. The maximum absolute atomic E-state index is 11.2. The van der Waals surface area contributed by atoms with E-state index in [4.69, 9.17) is 4.58 Å². The summed E-state index contributed by atoms with van der Waals surface area (Å²) in [7, 11) is -0.841. The van der Waals surface area contributed by atoms with Gasteiger partial charge in [-0.25, -0.2) is 9.37 Å². The van der Waals surface area contributed by atoms with Gasteiger partial charge in [-0.3, -0.25) is 4.79 Å². The molecule has 0 spiro atoms. The predicted octanol–water partition coefficient (Wildman–Crippen LogP) is 2.28. The molecule has 0 aliphatic carbocycles. The van der Waals surface area contributed by atoms with E-state index >= 15 is 0 Å². The second kappa shape index (κ2) is 6.16. The van der Waals surface area contributed by atoms with Crippen molar-refractivity contribution >= 4 is 20.3 Å². The van der Waals surface area contributed by atoms with Crippen LogP contribution in [-0.4, -0.2) is 27.4 Å². The van der Waals surface area contributed by atoms with E-state index in [0.29, 0.717) is 0 Å². The molecule has 0 saturated carbocycles. The minimum absolute atomic E-state index is 0.116. The smallest absolute Gasteiger partial charge is 0.352 e. The Hall–Kier alpha value is -0.883. The van der Waals surface area contributed by atoms with Crippen molar-refractivity contribution < 1.29 is 23.8 Å². The molecule has 0 rings (SSSR count). The molecule has 0 radical (unpaired) electrons. The van der Waals surface area contributed by atoms with Gasteiger partial charge < -0.3 is 9.62 Å². The number of carbonyl (C=O) groups excluding carboxylic acids is 2. The van der Waals surface area contributed by atoms with E-state index in [-0.39, 0.29) is 5.41 Å². The number of ether oxygens (including phenoxy) is 1. The lowest BCUT2D eigenvalue weighted by Crippen LogP contribution is -2.36. The SMILES string of the molecule is COC(=O)CC(=O)OO[Si](C)(C)CC(C)(C)C. The van der Waals surface area contributed by atoms with Gasteiger partial charge in [0.25, 0.3) is 0 Å². The van der Waals surface area contributed by atoms with Gasteiger partial charge in [-0.2, -0.15) is 0 Å². The molecule has 17 heavy (non-hydrogen) atoms. The van der Waals surface area contributed by atoms with Crippen molar-refractivity contribution in [1.82, 2.24) is 0 Å². The molecule has 6 heteroatoms. The van der Waals surface area contributed by atoms with Gasteiger partial charge in [0.15, 0.2) is 0 Å². The molecular weight excluding hydrogens is 240 g/mol. The minimum atomic E-state index is -2.06. The third-order valence-electron chi connectivity index (χ3n) is 1.83. The molecule has 0 atom stereocenters. The fourth-order valence-corrected chi connectivity index (χ4v) is 4.62. The van der Waals surface area contributed by atoms with E-state index in [1.54, 1.807) is 0 Å². The number of hydrogen-bond donors (Lipinski definition) is 0.